The molecule has 0 aromatic carbocycles. The highest BCUT2D eigenvalue weighted by Gasteiger charge is 2.35. The maximum atomic E-state index is 11.9. The molecule has 0 aliphatic carbocycles. The zero-order valence-corrected chi connectivity index (χ0v) is 11.5. The van der Waals surface area contributed by atoms with Gasteiger partial charge in [0.25, 0.3) is 0 Å². The first-order chi connectivity index (χ1) is 8.32. The molecule has 0 spiro atoms. The number of nitriles is 1. The van der Waals surface area contributed by atoms with Crippen LogP contribution in [0.4, 0.5) is 4.79 Å². The molecule has 102 valence electrons. The van der Waals surface area contributed by atoms with Gasteiger partial charge in [-0.05, 0) is 45.6 Å². The quantitative estimate of drug-likeness (QED) is 0.814. The Hall–Kier alpha value is -1.28. The van der Waals surface area contributed by atoms with Gasteiger partial charge in [-0.3, -0.25) is 0 Å². The molecule has 5 heteroatoms. The molecular weight excluding hydrogens is 230 g/mol. The third-order valence-corrected chi connectivity index (χ3v) is 3.36. The van der Waals surface area contributed by atoms with Crippen LogP contribution in [0.1, 0.15) is 40.0 Å². The minimum absolute atomic E-state index is 0.118. The molecule has 2 N–H and O–H groups in total. The Morgan fingerprint density at radius 1 is 1.44 bits per heavy atom. The Morgan fingerprint density at radius 3 is 2.39 bits per heavy atom. The average Bonchev–Trinajstić information content (AvgIpc) is 2.28. The summed E-state index contributed by atoms with van der Waals surface area (Å²) in [6.07, 6.45) is 1.74. The molecule has 0 atom stereocenters. The lowest BCUT2D eigenvalue weighted by Crippen LogP contribution is -2.47. The van der Waals surface area contributed by atoms with Crippen molar-refractivity contribution in [2.45, 2.75) is 45.6 Å². The van der Waals surface area contributed by atoms with Gasteiger partial charge in [-0.15, -0.1) is 0 Å². The summed E-state index contributed by atoms with van der Waals surface area (Å²) in [7, 11) is 0. The van der Waals surface area contributed by atoms with Gasteiger partial charge in [0.2, 0.25) is 0 Å². The molecule has 1 fully saturated rings. The van der Waals surface area contributed by atoms with Gasteiger partial charge in [0.1, 0.15) is 5.60 Å². The molecule has 1 rings (SSSR count). The zero-order chi connectivity index (χ0) is 13.8. The molecule has 0 aromatic rings. The lowest BCUT2D eigenvalue weighted by molar-refractivity contribution is 0.0113. The number of carbonyl (C=O) groups is 1. The van der Waals surface area contributed by atoms with Crippen molar-refractivity contribution in [2.75, 3.05) is 19.6 Å². The minimum atomic E-state index is -0.466. The monoisotopic (exact) mass is 253 g/mol. The van der Waals surface area contributed by atoms with Crippen molar-refractivity contribution in [3.63, 3.8) is 0 Å². The van der Waals surface area contributed by atoms with E-state index in [4.69, 9.17) is 15.7 Å². The van der Waals surface area contributed by atoms with E-state index in [2.05, 4.69) is 6.07 Å². The summed E-state index contributed by atoms with van der Waals surface area (Å²) < 4.78 is 5.33. The Bertz CT molecular complexity index is 333. The predicted molar refractivity (Wildman–Crippen MR) is 68.8 cm³/mol. The fourth-order valence-electron chi connectivity index (χ4n) is 2.11. The van der Waals surface area contributed by atoms with E-state index in [-0.39, 0.29) is 11.5 Å². The Labute approximate surface area is 109 Å². The molecule has 1 heterocycles. The van der Waals surface area contributed by atoms with Crippen molar-refractivity contribution in [3.05, 3.63) is 0 Å². The van der Waals surface area contributed by atoms with Crippen molar-refractivity contribution in [1.29, 1.82) is 5.26 Å². The fourth-order valence-corrected chi connectivity index (χ4v) is 2.11. The topological polar surface area (TPSA) is 79.3 Å². The standard InChI is InChI=1S/C13H23N3O2/c1-12(2,3)18-11(17)16-8-5-13(10-15,4-7-14)6-9-16/h4-6,8-10,15H2,1-3H3. The normalized spacial score (nSPS) is 19.2. The van der Waals surface area contributed by atoms with E-state index in [1.165, 1.54) is 0 Å². The third kappa shape index (κ3) is 3.88. The van der Waals surface area contributed by atoms with Gasteiger partial charge >= 0.3 is 6.09 Å². The van der Waals surface area contributed by atoms with Crippen molar-refractivity contribution in [2.24, 2.45) is 11.1 Å². The fraction of sp³-hybridized carbons (Fsp3) is 0.846. The van der Waals surface area contributed by atoms with E-state index < -0.39 is 5.60 Å². The van der Waals surface area contributed by atoms with Crippen molar-refractivity contribution in [1.82, 2.24) is 4.90 Å². The first kappa shape index (κ1) is 14.8. The van der Waals surface area contributed by atoms with Crippen LogP contribution >= 0.6 is 0 Å². The molecule has 0 aromatic heterocycles. The highest BCUT2D eigenvalue weighted by atomic mass is 16.6. The highest BCUT2D eigenvalue weighted by molar-refractivity contribution is 5.68. The predicted octanol–water partition coefficient (Wildman–Crippen LogP) is 1.88. The van der Waals surface area contributed by atoms with Crippen LogP contribution in [0.15, 0.2) is 0 Å². The number of rotatable bonds is 2. The maximum absolute atomic E-state index is 11.9. The second-order valence-electron chi connectivity index (χ2n) is 6.01. The Balaban J connectivity index is 2.53. The molecule has 5 nitrogen and oxygen atoms in total. The summed E-state index contributed by atoms with van der Waals surface area (Å²) in [6.45, 7) is 7.31. The van der Waals surface area contributed by atoms with E-state index in [0.29, 0.717) is 26.1 Å². The molecule has 0 saturated carbocycles. The van der Waals surface area contributed by atoms with E-state index in [0.717, 1.165) is 12.8 Å². The maximum Gasteiger partial charge on any atom is 0.410 e. The number of piperidine rings is 1. The molecule has 1 aliphatic rings. The Kier molecular flexibility index (Phi) is 4.58. The van der Waals surface area contributed by atoms with Gasteiger partial charge in [-0.1, -0.05) is 0 Å². The number of hydrogen-bond acceptors (Lipinski definition) is 4. The van der Waals surface area contributed by atoms with Gasteiger partial charge in [0.05, 0.1) is 6.07 Å². The van der Waals surface area contributed by atoms with Crippen LogP contribution in [0.3, 0.4) is 0 Å². The van der Waals surface area contributed by atoms with Crippen molar-refractivity contribution >= 4 is 6.09 Å². The second-order valence-corrected chi connectivity index (χ2v) is 6.01. The van der Waals surface area contributed by atoms with Crippen molar-refractivity contribution in [3.8, 4) is 6.07 Å². The third-order valence-electron chi connectivity index (χ3n) is 3.36. The first-order valence-electron chi connectivity index (χ1n) is 6.37. The lowest BCUT2D eigenvalue weighted by Gasteiger charge is -2.40. The smallest absolute Gasteiger partial charge is 0.410 e. The summed E-state index contributed by atoms with van der Waals surface area (Å²) >= 11 is 0. The first-order valence-corrected chi connectivity index (χ1v) is 6.37. The van der Waals surface area contributed by atoms with E-state index in [1.54, 1.807) is 4.90 Å². The number of carbonyl (C=O) groups excluding carboxylic acids is 1. The minimum Gasteiger partial charge on any atom is -0.444 e. The van der Waals surface area contributed by atoms with E-state index in [1.807, 2.05) is 20.8 Å². The molecular formula is C13H23N3O2. The lowest BCUT2D eigenvalue weighted by atomic mass is 9.76. The molecule has 1 aliphatic heterocycles. The molecule has 0 bridgehead atoms. The molecule has 0 radical (unpaired) electrons. The van der Waals surface area contributed by atoms with Gasteiger partial charge in [-0.25, -0.2) is 4.79 Å². The molecule has 0 unspecified atom stereocenters. The SMILES string of the molecule is CC(C)(C)OC(=O)N1CCC(CN)(CC#N)CC1. The van der Waals surface area contributed by atoms with Crippen LogP contribution in [-0.4, -0.2) is 36.2 Å². The van der Waals surface area contributed by atoms with Gasteiger partial charge < -0.3 is 15.4 Å². The summed E-state index contributed by atoms with van der Waals surface area (Å²) in [5.41, 5.74) is 5.18. The van der Waals surface area contributed by atoms with Crippen LogP contribution in [0.25, 0.3) is 0 Å². The number of ether oxygens (including phenoxy) is 1. The zero-order valence-electron chi connectivity index (χ0n) is 11.5. The largest absolute Gasteiger partial charge is 0.444 e. The molecule has 1 amide bonds. The molecule has 1 saturated heterocycles. The van der Waals surface area contributed by atoms with Gasteiger partial charge in [0, 0.05) is 19.5 Å². The van der Waals surface area contributed by atoms with Crippen LogP contribution < -0.4 is 5.73 Å². The van der Waals surface area contributed by atoms with Gasteiger partial charge in [0.15, 0.2) is 0 Å². The summed E-state index contributed by atoms with van der Waals surface area (Å²) in [5, 5.41) is 8.83. The van der Waals surface area contributed by atoms with E-state index in [9.17, 15) is 4.79 Å². The number of amides is 1. The van der Waals surface area contributed by atoms with E-state index >= 15 is 0 Å². The van der Waals surface area contributed by atoms with Gasteiger partial charge in [-0.2, -0.15) is 5.26 Å². The molecule has 18 heavy (non-hydrogen) atoms. The summed E-state index contributed by atoms with van der Waals surface area (Å²) in [6, 6.07) is 2.20. The summed E-state index contributed by atoms with van der Waals surface area (Å²) in [4.78, 5) is 13.6. The van der Waals surface area contributed by atoms with Crippen LogP contribution in [0.2, 0.25) is 0 Å². The number of nitrogens with zero attached hydrogens (tertiary/aromatic N) is 2. The van der Waals surface area contributed by atoms with Crippen LogP contribution in [-0.2, 0) is 4.74 Å². The van der Waals surface area contributed by atoms with Crippen LogP contribution in [0.5, 0.6) is 0 Å². The second kappa shape index (κ2) is 5.57. The van der Waals surface area contributed by atoms with Crippen molar-refractivity contribution < 1.29 is 9.53 Å². The highest BCUT2D eigenvalue weighted by Crippen LogP contribution is 2.33. The average molecular weight is 253 g/mol. The summed E-state index contributed by atoms with van der Waals surface area (Å²) in [5.74, 6) is 0. The number of likely N-dealkylation sites (tertiary alicyclic amines) is 1. The Morgan fingerprint density at radius 2 is 2.00 bits per heavy atom. The number of hydrogen-bond donors (Lipinski definition) is 1. The number of nitrogens with two attached hydrogens (primary N) is 1. The van der Waals surface area contributed by atoms with Crippen LogP contribution in [0, 0.1) is 16.7 Å².